The zero-order chi connectivity index (χ0) is 27.7. The number of hydrogen-bond acceptors (Lipinski definition) is 5. The average Bonchev–Trinajstić information content (AvgIpc) is 2.91. The minimum atomic E-state index is -4.23. The minimum absolute atomic E-state index is 0.0118. The monoisotopic (exact) mass is 541 g/mol. The van der Waals surface area contributed by atoms with Gasteiger partial charge in [-0.25, -0.2) is 4.39 Å². The Bertz CT molecular complexity index is 1310. The van der Waals surface area contributed by atoms with E-state index >= 15 is 0 Å². The first-order valence-corrected chi connectivity index (χ1v) is 14.4. The number of ether oxygens (including phenoxy) is 1. The number of rotatable bonds is 13. The van der Waals surface area contributed by atoms with Gasteiger partial charge in [0, 0.05) is 18.2 Å². The van der Waals surface area contributed by atoms with Crippen LogP contribution < -0.4 is 8.92 Å². The molecule has 0 saturated carbocycles. The normalized spacial score (nSPS) is 12.1. The first-order chi connectivity index (χ1) is 18.2. The molecule has 3 aromatic rings. The van der Waals surface area contributed by atoms with Crippen LogP contribution in [0.25, 0.3) is 0 Å². The summed E-state index contributed by atoms with van der Waals surface area (Å²) in [5, 5.41) is 0. The second kappa shape index (κ2) is 13.4. The summed E-state index contributed by atoms with van der Waals surface area (Å²) in [6, 6.07) is 17.0. The number of aryl methyl sites for hydroxylation is 1. The van der Waals surface area contributed by atoms with E-state index in [0.717, 1.165) is 49.9 Å². The van der Waals surface area contributed by atoms with Crippen LogP contribution in [0.4, 0.5) is 4.39 Å². The van der Waals surface area contributed by atoms with E-state index in [1.54, 1.807) is 23.1 Å². The molecule has 1 amide bonds. The summed E-state index contributed by atoms with van der Waals surface area (Å²) in [5.74, 6) is -0.442. The van der Waals surface area contributed by atoms with Crippen LogP contribution in [-0.4, -0.2) is 32.4 Å². The van der Waals surface area contributed by atoms with Crippen LogP contribution in [0.5, 0.6) is 11.5 Å². The fourth-order valence-corrected chi connectivity index (χ4v) is 4.99. The van der Waals surface area contributed by atoms with E-state index in [2.05, 4.69) is 6.92 Å². The van der Waals surface area contributed by atoms with Crippen molar-refractivity contribution in [3.05, 3.63) is 89.2 Å². The average molecular weight is 542 g/mol. The highest BCUT2D eigenvalue weighted by atomic mass is 32.2. The molecule has 0 bridgehead atoms. The molecule has 3 aromatic carbocycles. The summed E-state index contributed by atoms with van der Waals surface area (Å²) in [5.41, 5.74) is 2.50. The maximum absolute atomic E-state index is 13.5. The van der Waals surface area contributed by atoms with E-state index in [9.17, 15) is 17.6 Å². The topological polar surface area (TPSA) is 72.9 Å². The molecular formula is C30H36FNO5S. The minimum Gasteiger partial charge on any atom is -0.493 e. The molecule has 0 saturated heterocycles. The zero-order valence-corrected chi connectivity index (χ0v) is 23.3. The van der Waals surface area contributed by atoms with Gasteiger partial charge in [0.05, 0.1) is 7.11 Å². The molecule has 0 N–H and O–H groups in total. The number of carbonyl (C=O) groups is 1. The van der Waals surface area contributed by atoms with Crippen LogP contribution in [0.15, 0.2) is 71.6 Å². The third-order valence-corrected chi connectivity index (χ3v) is 7.78. The van der Waals surface area contributed by atoms with Crippen molar-refractivity contribution in [2.24, 2.45) is 0 Å². The number of carbonyl (C=O) groups excluding carboxylic acids is 1. The predicted octanol–water partition coefficient (Wildman–Crippen LogP) is 6.78. The molecule has 38 heavy (non-hydrogen) atoms. The Balaban J connectivity index is 1.84. The molecule has 1 atom stereocenters. The van der Waals surface area contributed by atoms with E-state index in [4.69, 9.17) is 8.92 Å². The molecule has 8 heteroatoms. The first kappa shape index (κ1) is 29.2. The quantitative estimate of drug-likeness (QED) is 0.176. The number of benzene rings is 3. The summed E-state index contributed by atoms with van der Waals surface area (Å²) in [7, 11) is -2.82. The lowest BCUT2D eigenvalue weighted by Crippen LogP contribution is -2.37. The molecular weight excluding hydrogens is 505 g/mol. The van der Waals surface area contributed by atoms with Crippen molar-refractivity contribution in [3.63, 3.8) is 0 Å². The van der Waals surface area contributed by atoms with E-state index in [1.807, 2.05) is 38.1 Å². The zero-order valence-electron chi connectivity index (χ0n) is 22.4. The van der Waals surface area contributed by atoms with E-state index in [1.165, 1.54) is 19.1 Å². The summed E-state index contributed by atoms with van der Waals surface area (Å²) in [6.07, 6.45) is 5.21. The molecule has 0 radical (unpaired) electrons. The Morgan fingerprint density at radius 1 is 0.921 bits per heavy atom. The van der Waals surface area contributed by atoms with Gasteiger partial charge in [-0.05, 0) is 85.8 Å². The summed E-state index contributed by atoms with van der Waals surface area (Å²) in [6.45, 7) is 6.42. The summed E-state index contributed by atoms with van der Waals surface area (Å²) < 4.78 is 49.6. The number of halogens is 1. The number of hydrogen-bond donors (Lipinski definition) is 0. The second-order valence-electron chi connectivity index (χ2n) is 9.32. The fourth-order valence-electron chi connectivity index (χ4n) is 4.06. The number of nitrogens with zero attached hydrogens (tertiary/aromatic N) is 1. The standard InChI is InChI=1S/C30H36FNO5S/c1-5-7-8-9-23-10-13-25(14-11-23)30(33)32(22(3)6-2)21-24-12-19-28(36-4)29(20-24)37-38(34,35)27-17-15-26(31)16-18-27/h10-20,22H,5-9,21H2,1-4H3/t22-/m0/s1. The highest BCUT2D eigenvalue weighted by Crippen LogP contribution is 2.32. The Labute approximate surface area is 225 Å². The Kier molecular flexibility index (Phi) is 10.3. The molecule has 0 aliphatic rings. The molecule has 3 rings (SSSR count). The molecule has 0 aromatic heterocycles. The summed E-state index contributed by atoms with van der Waals surface area (Å²) >= 11 is 0. The van der Waals surface area contributed by atoms with Crippen molar-refractivity contribution < 1.29 is 26.5 Å². The van der Waals surface area contributed by atoms with Gasteiger partial charge in [-0.2, -0.15) is 8.42 Å². The van der Waals surface area contributed by atoms with Crippen LogP contribution in [0.1, 0.15) is 67.9 Å². The highest BCUT2D eigenvalue weighted by Gasteiger charge is 2.23. The Morgan fingerprint density at radius 3 is 2.18 bits per heavy atom. The number of unbranched alkanes of at least 4 members (excludes halogenated alkanes) is 2. The van der Waals surface area contributed by atoms with Crippen LogP contribution in [0.3, 0.4) is 0 Å². The van der Waals surface area contributed by atoms with Gasteiger partial charge in [-0.3, -0.25) is 4.79 Å². The molecule has 0 fully saturated rings. The second-order valence-corrected chi connectivity index (χ2v) is 10.9. The van der Waals surface area contributed by atoms with Gasteiger partial charge in [0.15, 0.2) is 11.5 Å². The largest absolute Gasteiger partial charge is 0.493 e. The van der Waals surface area contributed by atoms with Crippen molar-refractivity contribution >= 4 is 16.0 Å². The van der Waals surface area contributed by atoms with E-state index in [-0.39, 0.29) is 34.9 Å². The van der Waals surface area contributed by atoms with Crippen molar-refractivity contribution in [2.75, 3.05) is 7.11 Å². The van der Waals surface area contributed by atoms with Gasteiger partial charge in [-0.1, -0.05) is 44.9 Å². The molecule has 204 valence electrons. The molecule has 0 spiro atoms. The SMILES string of the molecule is CCCCCc1ccc(C(=O)N(Cc2ccc(OC)c(OS(=O)(=O)c3ccc(F)cc3)c2)[C@@H](C)CC)cc1. The first-order valence-electron chi connectivity index (χ1n) is 12.9. The lowest BCUT2D eigenvalue weighted by atomic mass is 10.0. The molecule has 0 unspecified atom stereocenters. The van der Waals surface area contributed by atoms with Crippen LogP contribution >= 0.6 is 0 Å². The Hall–Kier alpha value is -3.39. The van der Waals surface area contributed by atoms with Crippen LogP contribution in [0, 0.1) is 5.82 Å². The van der Waals surface area contributed by atoms with Crippen molar-refractivity contribution in [1.82, 2.24) is 4.90 Å². The van der Waals surface area contributed by atoms with Crippen molar-refractivity contribution in [3.8, 4) is 11.5 Å². The lowest BCUT2D eigenvalue weighted by molar-refractivity contribution is 0.0671. The van der Waals surface area contributed by atoms with Crippen molar-refractivity contribution in [1.29, 1.82) is 0 Å². The van der Waals surface area contributed by atoms with Gasteiger partial charge in [0.1, 0.15) is 10.7 Å². The fraction of sp³-hybridized carbons (Fsp3) is 0.367. The van der Waals surface area contributed by atoms with E-state index in [0.29, 0.717) is 11.1 Å². The predicted molar refractivity (Wildman–Crippen MR) is 147 cm³/mol. The number of amides is 1. The third kappa shape index (κ3) is 7.57. The van der Waals surface area contributed by atoms with Gasteiger partial charge in [0.2, 0.25) is 0 Å². The molecule has 0 heterocycles. The van der Waals surface area contributed by atoms with Gasteiger partial charge >= 0.3 is 10.1 Å². The maximum atomic E-state index is 13.5. The van der Waals surface area contributed by atoms with Crippen molar-refractivity contribution in [2.45, 2.75) is 70.4 Å². The van der Waals surface area contributed by atoms with Gasteiger partial charge in [0.25, 0.3) is 5.91 Å². The van der Waals surface area contributed by atoms with E-state index < -0.39 is 15.9 Å². The lowest BCUT2D eigenvalue weighted by Gasteiger charge is -2.29. The smallest absolute Gasteiger partial charge is 0.339 e. The molecule has 0 aliphatic heterocycles. The number of methoxy groups -OCH3 is 1. The Morgan fingerprint density at radius 2 is 1.58 bits per heavy atom. The molecule has 6 nitrogen and oxygen atoms in total. The van der Waals surface area contributed by atoms with Gasteiger partial charge in [-0.15, -0.1) is 0 Å². The molecule has 0 aliphatic carbocycles. The third-order valence-electron chi connectivity index (χ3n) is 6.54. The van der Waals surface area contributed by atoms with Gasteiger partial charge < -0.3 is 13.8 Å². The maximum Gasteiger partial charge on any atom is 0.339 e. The highest BCUT2D eigenvalue weighted by molar-refractivity contribution is 7.87. The van der Waals surface area contributed by atoms with Crippen LogP contribution in [-0.2, 0) is 23.1 Å². The van der Waals surface area contributed by atoms with Crippen LogP contribution in [0.2, 0.25) is 0 Å². The summed E-state index contributed by atoms with van der Waals surface area (Å²) in [4.78, 5) is 15.1.